The predicted octanol–water partition coefficient (Wildman–Crippen LogP) is 4.78. The van der Waals surface area contributed by atoms with E-state index in [1.165, 1.54) is 21.7 Å². The standard InChI is InChI=1S/C18H26N2S/c1-6-19-17(18-13(4)20-14(5)21-18)11-15-7-9-16(10-8-15)12(2)3/h7-10,12,17,19H,6,11H2,1-5H3. The molecule has 0 aliphatic rings. The molecule has 0 aliphatic heterocycles. The van der Waals surface area contributed by atoms with Gasteiger partial charge in [-0.3, -0.25) is 0 Å². The minimum absolute atomic E-state index is 0.367. The van der Waals surface area contributed by atoms with E-state index in [0.29, 0.717) is 12.0 Å². The number of thiazole rings is 1. The van der Waals surface area contributed by atoms with E-state index in [1.54, 1.807) is 0 Å². The molecule has 3 heteroatoms. The summed E-state index contributed by atoms with van der Waals surface area (Å²) in [7, 11) is 0. The van der Waals surface area contributed by atoms with Gasteiger partial charge in [0, 0.05) is 10.9 Å². The zero-order valence-electron chi connectivity index (χ0n) is 13.7. The van der Waals surface area contributed by atoms with E-state index in [9.17, 15) is 0 Å². The maximum Gasteiger partial charge on any atom is 0.0900 e. The fourth-order valence-electron chi connectivity index (χ4n) is 2.65. The number of hydrogen-bond acceptors (Lipinski definition) is 3. The number of aromatic nitrogens is 1. The van der Waals surface area contributed by atoms with Gasteiger partial charge in [0.15, 0.2) is 0 Å². The molecule has 0 spiro atoms. The van der Waals surface area contributed by atoms with Crippen LogP contribution in [0.15, 0.2) is 24.3 Å². The smallest absolute Gasteiger partial charge is 0.0900 e. The maximum absolute atomic E-state index is 4.57. The van der Waals surface area contributed by atoms with Gasteiger partial charge < -0.3 is 5.32 Å². The molecule has 1 aromatic carbocycles. The fourth-order valence-corrected chi connectivity index (χ4v) is 3.65. The molecule has 0 fully saturated rings. The lowest BCUT2D eigenvalue weighted by Crippen LogP contribution is -2.22. The second kappa shape index (κ2) is 7.19. The third-order valence-corrected chi connectivity index (χ3v) is 4.98. The van der Waals surface area contributed by atoms with Crippen molar-refractivity contribution in [1.29, 1.82) is 0 Å². The summed E-state index contributed by atoms with van der Waals surface area (Å²) in [6.45, 7) is 11.8. The summed E-state index contributed by atoms with van der Waals surface area (Å²) in [5, 5.41) is 4.76. The Hall–Kier alpha value is -1.19. The predicted molar refractivity (Wildman–Crippen MR) is 92.2 cm³/mol. The summed E-state index contributed by atoms with van der Waals surface area (Å²) in [6.07, 6.45) is 1.02. The summed E-state index contributed by atoms with van der Waals surface area (Å²) < 4.78 is 0. The summed E-state index contributed by atoms with van der Waals surface area (Å²) >= 11 is 1.82. The first-order chi connectivity index (χ1) is 10.0. The van der Waals surface area contributed by atoms with Gasteiger partial charge in [-0.25, -0.2) is 4.98 Å². The van der Waals surface area contributed by atoms with Gasteiger partial charge >= 0.3 is 0 Å². The monoisotopic (exact) mass is 302 g/mol. The first kappa shape index (κ1) is 16.2. The van der Waals surface area contributed by atoms with Crippen LogP contribution in [0.3, 0.4) is 0 Å². The number of rotatable bonds is 6. The van der Waals surface area contributed by atoms with E-state index in [2.05, 4.69) is 69.2 Å². The van der Waals surface area contributed by atoms with Gasteiger partial charge in [0.2, 0.25) is 0 Å². The maximum atomic E-state index is 4.57. The summed E-state index contributed by atoms with van der Waals surface area (Å²) in [4.78, 5) is 5.95. The molecule has 1 unspecified atom stereocenters. The van der Waals surface area contributed by atoms with Crippen molar-refractivity contribution >= 4 is 11.3 Å². The van der Waals surface area contributed by atoms with Gasteiger partial charge in [0.1, 0.15) is 0 Å². The lowest BCUT2D eigenvalue weighted by Gasteiger charge is -2.17. The lowest BCUT2D eigenvalue weighted by molar-refractivity contribution is 0.554. The molecule has 0 bridgehead atoms. The number of likely N-dealkylation sites (N-methyl/N-ethyl adjacent to an activating group) is 1. The molecule has 0 radical (unpaired) electrons. The van der Waals surface area contributed by atoms with Crippen molar-refractivity contribution < 1.29 is 0 Å². The van der Waals surface area contributed by atoms with Crippen molar-refractivity contribution in [3.63, 3.8) is 0 Å². The van der Waals surface area contributed by atoms with Crippen LogP contribution in [0.1, 0.15) is 59.4 Å². The lowest BCUT2D eigenvalue weighted by atomic mass is 9.98. The Labute approximate surface area is 132 Å². The summed E-state index contributed by atoms with van der Waals surface area (Å²) in [5.74, 6) is 0.593. The van der Waals surface area contributed by atoms with Crippen LogP contribution < -0.4 is 5.32 Å². The van der Waals surface area contributed by atoms with Gasteiger partial charge in [0.05, 0.1) is 10.7 Å². The van der Waals surface area contributed by atoms with Gasteiger partial charge in [-0.05, 0) is 43.9 Å². The van der Waals surface area contributed by atoms with Gasteiger partial charge in [-0.2, -0.15) is 0 Å². The van der Waals surface area contributed by atoms with Crippen LogP contribution in [0.4, 0.5) is 0 Å². The van der Waals surface area contributed by atoms with Gasteiger partial charge in [0.25, 0.3) is 0 Å². The van der Waals surface area contributed by atoms with Crippen molar-refractivity contribution in [3.05, 3.63) is 51.0 Å². The highest BCUT2D eigenvalue weighted by Crippen LogP contribution is 2.28. The molecule has 2 rings (SSSR count). The Morgan fingerprint density at radius 2 is 1.81 bits per heavy atom. The first-order valence-corrected chi connectivity index (χ1v) is 8.59. The van der Waals surface area contributed by atoms with Crippen molar-refractivity contribution in [2.45, 2.75) is 53.0 Å². The van der Waals surface area contributed by atoms with E-state index in [1.807, 2.05) is 11.3 Å². The summed E-state index contributed by atoms with van der Waals surface area (Å²) in [6, 6.07) is 9.42. The zero-order chi connectivity index (χ0) is 15.4. The van der Waals surface area contributed by atoms with Crippen LogP contribution in [0.5, 0.6) is 0 Å². The van der Waals surface area contributed by atoms with Crippen molar-refractivity contribution in [2.24, 2.45) is 0 Å². The molecule has 1 N–H and O–H groups in total. The molecular formula is C18H26N2S. The van der Waals surface area contributed by atoms with Crippen LogP contribution in [0, 0.1) is 13.8 Å². The Balaban J connectivity index is 2.18. The molecule has 0 amide bonds. The van der Waals surface area contributed by atoms with Crippen LogP contribution in [-0.2, 0) is 6.42 Å². The van der Waals surface area contributed by atoms with Crippen LogP contribution >= 0.6 is 11.3 Å². The molecule has 0 saturated carbocycles. The summed E-state index contributed by atoms with van der Waals surface area (Å²) in [5.41, 5.74) is 3.96. The molecule has 21 heavy (non-hydrogen) atoms. The number of nitrogens with zero attached hydrogens (tertiary/aromatic N) is 1. The van der Waals surface area contributed by atoms with Crippen molar-refractivity contribution in [3.8, 4) is 0 Å². The van der Waals surface area contributed by atoms with E-state index in [-0.39, 0.29) is 0 Å². The van der Waals surface area contributed by atoms with E-state index < -0.39 is 0 Å². The molecule has 0 saturated heterocycles. The van der Waals surface area contributed by atoms with Crippen LogP contribution in [0.25, 0.3) is 0 Å². The van der Waals surface area contributed by atoms with Crippen molar-refractivity contribution in [2.75, 3.05) is 6.54 Å². The normalized spacial score (nSPS) is 12.9. The number of hydrogen-bond donors (Lipinski definition) is 1. The van der Waals surface area contributed by atoms with Gasteiger partial charge in [-0.1, -0.05) is 45.0 Å². The highest BCUT2D eigenvalue weighted by atomic mass is 32.1. The molecule has 0 aliphatic carbocycles. The molecule has 1 aromatic heterocycles. The van der Waals surface area contributed by atoms with E-state index in [4.69, 9.17) is 0 Å². The molecule has 2 nitrogen and oxygen atoms in total. The molecule has 114 valence electrons. The largest absolute Gasteiger partial charge is 0.309 e. The molecule has 1 atom stereocenters. The third kappa shape index (κ3) is 4.14. The second-order valence-electron chi connectivity index (χ2n) is 5.89. The zero-order valence-corrected chi connectivity index (χ0v) is 14.6. The average molecular weight is 302 g/mol. The SMILES string of the molecule is CCNC(Cc1ccc(C(C)C)cc1)c1sc(C)nc1C. The highest BCUT2D eigenvalue weighted by molar-refractivity contribution is 7.11. The van der Waals surface area contributed by atoms with E-state index >= 15 is 0 Å². The Kier molecular flexibility index (Phi) is 5.54. The minimum atomic E-state index is 0.367. The average Bonchev–Trinajstić information content (AvgIpc) is 2.78. The number of nitrogens with one attached hydrogen (secondary N) is 1. The minimum Gasteiger partial charge on any atom is -0.309 e. The molecule has 2 aromatic rings. The van der Waals surface area contributed by atoms with E-state index in [0.717, 1.165) is 18.0 Å². The highest BCUT2D eigenvalue weighted by Gasteiger charge is 2.17. The van der Waals surface area contributed by atoms with Gasteiger partial charge in [-0.15, -0.1) is 11.3 Å². The topological polar surface area (TPSA) is 24.9 Å². The third-order valence-electron chi connectivity index (χ3n) is 3.79. The Bertz CT molecular complexity index is 569. The second-order valence-corrected chi connectivity index (χ2v) is 7.13. The molecular weight excluding hydrogens is 276 g/mol. The molecule has 1 heterocycles. The number of aryl methyl sites for hydroxylation is 2. The Morgan fingerprint density at radius 1 is 1.14 bits per heavy atom. The van der Waals surface area contributed by atoms with Crippen molar-refractivity contribution in [1.82, 2.24) is 10.3 Å². The quantitative estimate of drug-likeness (QED) is 0.831. The number of benzene rings is 1. The van der Waals surface area contributed by atoms with Crippen LogP contribution in [0.2, 0.25) is 0 Å². The van der Waals surface area contributed by atoms with Crippen LogP contribution in [-0.4, -0.2) is 11.5 Å². The fraction of sp³-hybridized carbons (Fsp3) is 0.500. The first-order valence-electron chi connectivity index (χ1n) is 7.77. The Morgan fingerprint density at radius 3 is 2.29 bits per heavy atom.